The first-order valence-electron chi connectivity index (χ1n) is 10.4. The van der Waals surface area contributed by atoms with Gasteiger partial charge in [0.25, 0.3) is 5.91 Å². The van der Waals surface area contributed by atoms with Gasteiger partial charge in [-0.25, -0.2) is 19.7 Å². The van der Waals surface area contributed by atoms with E-state index >= 15 is 0 Å². The molecule has 2 aromatic heterocycles. The first-order chi connectivity index (χ1) is 14.1. The maximum absolute atomic E-state index is 12.8. The van der Waals surface area contributed by atoms with Crippen LogP contribution in [0, 0.1) is 6.92 Å². The van der Waals surface area contributed by atoms with E-state index in [2.05, 4.69) is 9.97 Å². The van der Waals surface area contributed by atoms with E-state index in [0.717, 1.165) is 21.9 Å². The lowest BCUT2D eigenvalue weighted by Gasteiger charge is -2.28. The van der Waals surface area contributed by atoms with Gasteiger partial charge in [-0.05, 0) is 39.3 Å². The molecule has 0 aliphatic carbocycles. The van der Waals surface area contributed by atoms with Crippen molar-refractivity contribution in [1.29, 1.82) is 0 Å². The van der Waals surface area contributed by atoms with E-state index in [1.165, 1.54) is 0 Å². The fraction of sp³-hybridized carbons (Fsp3) is 0.545. The maximum Gasteiger partial charge on any atom is 0.417 e. The highest BCUT2D eigenvalue weighted by Crippen LogP contribution is 2.30. The van der Waals surface area contributed by atoms with E-state index in [4.69, 9.17) is 10.5 Å². The van der Waals surface area contributed by atoms with Crippen LogP contribution in [0.5, 0.6) is 0 Å². The predicted molar refractivity (Wildman–Crippen MR) is 119 cm³/mol. The van der Waals surface area contributed by atoms with E-state index in [9.17, 15) is 9.59 Å². The van der Waals surface area contributed by atoms with Crippen LogP contribution in [0.4, 0.5) is 10.7 Å². The molecule has 1 aliphatic rings. The average molecular weight is 418 g/mol. The second-order valence-corrected chi connectivity index (χ2v) is 7.40. The normalized spacial score (nSPS) is 12.8. The van der Waals surface area contributed by atoms with Crippen molar-refractivity contribution in [2.24, 2.45) is 7.05 Å². The van der Waals surface area contributed by atoms with Crippen LogP contribution in [0.1, 0.15) is 70.1 Å². The number of nitrogens with two attached hydrogens (primary N) is 1. The predicted octanol–water partition coefficient (Wildman–Crippen LogP) is 4.36. The van der Waals surface area contributed by atoms with Crippen molar-refractivity contribution in [3.63, 3.8) is 0 Å². The molecular formula is C22H35N5O3. The molecule has 3 rings (SSSR count). The zero-order valence-corrected chi connectivity index (χ0v) is 19.7. The Morgan fingerprint density at radius 3 is 2.37 bits per heavy atom. The van der Waals surface area contributed by atoms with E-state index < -0.39 is 11.7 Å². The number of carbonyl (C=O) groups excluding carboxylic acids is 2. The van der Waals surface area contributed by atoms with Gasteiger partial charge in [0, 0.05) is 31.9 Å². The zero-order valence-electron chi connectivity index (χ0n) is 19.7. The van der Waals surface area contributed by atoms with Crippen molar-refractivity contribution >= 4 is 17.9 Å². The van der Waals surface area contributed by atoms with Gasteiger partial charge >= 0.3 is 6.09 Å². The fourth-order valence-corrected chi connectivity index (χ4v) is 3.03. The van der Waals surface area contributed by atoms with Gasteiger partial charge in [-0.3, -0.25) is 4.79 Å². The number of aryl methyl sites for hydroxylation is 1. The van der Waals surface area contributed by atoms with Gasteiger partial charge in [-0.1, -0.05) is 27.7 Å². The van der Waals surface area contributed by atoms with Gasteiger partial charge in [-0.2, -0.15) is 0 Å². The van der Waals surface area contributed by atoms with Gasteiger partial charge in [0.2, 0.25) is 5.95 Å². The number of carbonyl (C=O) groups is 2. The highest BCUT2D eigenvalue weighted by molar-refractivity contribution is 6.05. The molecule has 0 saturated carbocycles. The molecule has 2 aromatic rings. The minimum atomic E-state index is -0.658. The maximum atomic E-state index is 12.8. The van der Waals surface area contributed by atoms with Gasteiger partial charge in [0.1, 0.15) is 5.60 Å². The van der Waals surface area contributed by atoms with Crippen LogP contribution in [-0.2, 0) is 18.2 Å². The lowest BCUT2D eigenvalue weighted by atomic mass is 10.1. The number of amides is 2. The Labute approximate surface area is 179 Å². The average Bonchev–Trinajstić information content (AvgIpc) is 3.03. The molecule has 166 valence electrons. The van der Waals surface area contributed by atoms with Gasteiger partial charge in [0.05, 0.1) is 17.0 Å². The molecular weight excluding hydrogens is 382 g/mol. The zero-order chi connectivity index (χ0) is 23.2. The molecule has 0 aromatic carbocycles. The Bertz CT molecular complexity index is 897. The third kappa shape index (κ3) is 5.37. The van der Waals surface area contributed by atoms with Crippen molar-refractivity contribution in [3.05, 3.63) is 29.1 Å². The van der Waals surface area contributed by atoms with Crippen molar-refractivity contribution in [2.45, 2.75) is 67.4 Å². The van der Waals surface area contributed by atoms with Crippen LogP contribution in [0.3, 0.4) is 0 Å². The summed E-state index contributed by atoms with van der Waals surface area (Å²) in [5.74, 6) is -0.187. The standard InChI is InChI=1S/C18H23N5O3.2C2H6/c1-10-9-20-16(19)21-14(10)13-8-11-12(22(13)5)6-7-23(15(11)24)17(25)26-18(2,3)4;2*1-2/h8-9H,6-7H2,1-5H3,(H2,19,20,21);2*1-2H3. The fourth-order valence-electron chi connectivity index (χ4n) is 3.03. The molecule has 8 heteroatoms. The minimum Gasteiger partial charge on any atom is -0.443 e. The van der Waals surface area contributed by atoms with Crippen LogP contribution in [-0.4, -0.2) is 43.6 Å². The molecule has 0 bridgehead atoms. The number of fused-ring (bicyclic) bond motifs is 1. The van der Waals surface area contributed by atoms with Gasteiger partial charge in [-0.15, -0.1) is 0 Å². The Kier molecular flexibility index (Phi) is 8.57. The molecule has 0 radical (unpaired) electrons. The number of imide groups is 1. The molecule has 0 spiro atoms. The van der Waals surface area contributed by atoms with Crippen LogP contribution < -0.4 is 5.73 Å². The first-order valence-corrected chi connectivity index (χ1v) is 10.4. The molecule has 30 heavy (non-hydrogen) atoms. The first kappa shape index (κ1) is 25.1. The van der Waals surface area contributed by atoms with Gasteiger partial charge < -0.3 is 15.0 Å². The number of nitrogen functional groups attached to an aromatic ring is 1. The molecule has 1 aliphatic heterocycles. The van der Waals surface area contributed by atoms with E-state index in [1.807, 2.05) is 46.2 Å². The number of nitrogens with zero attached hydrogens (tertiary/aromatic N) is 4. The third-order valence-corrected chi connectivity index (χ3v) is 4.25. The number of aromatic nitrogens is 3. The second kappa shape index (κ2) is 10.2. The molecule has 2 N–H and O–H groups in total. The number of anilines is 1. The Morgan fingerprint density at radius 1 is 1.20 bits per heavy atom. The van der Waals surface area contributed by atoms with Crippen LogP contribution in [0.15, 0.2) is 12.3 Å². The summed E-state index contributed by atoms with van der Waals surface area (Å²) in [7, 11) is 1.88. The van der Waals surface area contributed by atoms with E-state index in [-0.39, 0.29) is 18.4 Å². The Hall–Kier alpha value is -2.90. The van der Waals surface area contributed by atoms with Crippen LogP contribution >= 0.6 is 0 Å². The third-order valence-electron chi connectivity index (χ3n) is 4.25. The highest BCUT2D eigenvalue weighted by atomic mass is 16.6. The van der Waals surface area contributed by atoms with E-state index in [0.29, 0.717) is 17.7 Å². The Morgan fingerprint density at radius 2 is 1.80 bits per heavy atom. The van der Waals surface area contributed by atoms with Crippen LogP contribution in [0.25, 0.3) is 11.4 Å². The molecule has 0 saturated heterocycles. The van der Waals surface area contributed by atoms with Crippen molar-refractivity contribution in [1.82, 2.24) is 19.4 Å². The van der Waals surface area contributed by atoms with Crippen molar-refractivity contribution in [2.75, 3.05) is 12.3 Å². The summed E-state index contributed by atoms with van der Waals surface area (Å²) in [4.78, 5) is 34.6. The smallest absolute Gasteiger partial charge is 0.417 e. The highest BCUT2D eigenvalue weighted by Gasteiger charge is 2.35. The molecule has 0 unspecified atom stereocenters. The summed E-state index contributed by atoms with van der Waals surface area (Å²) >= 11 is 0. The number of hydrogen-bond acceptors (Lipinski definition) is 6. The van der Waals surface area contributed by atoms with E-state index in [1.54, 1.807) is 33.0 Å². The number of rotatable bonds is 1. The largest absolute Gasteiger partial charge is 0.443 e. The van der Waals surface area contributed by atoms with Crippen LogP contribution in [0.2, 0.25) is 0 Å². The van der Waals surface area contributed by atoms with Crippen molar-refractivity contribution < 1.29 is 14.3 Å². The summed E-state index contributed by atoms with van der Waals surface area (Å²) in [5.41, 5.74) is 8.70. The topological polar surface area (TPSA) is 103 Å². The number of hydrogen-bond donors (Lipinski definition) is 1. The molecule has 2 amide bonds. The summed E-state index contributed by atoms with van der Waals surface area (Å²) in [6, 6.07) is 1.75. The lowest BCUT2D eigenvalue weighted by molar-refractivity contribution is 0.0232. The molecule has 8 nitrogen and oxygen atoms in total. The Balaban J connectivity index is 0.00000106. The molecule has 0 fully saturated rings. The van der Waals surface area contributed by atoms with Crippen molar-refractivity contribution in [3.8, 4) is 11.4 Å². The summed E-state index contributed by atoms with van der Waals surface area (Å²) in [6.07, 6.45) is 1.58. The summed E-state index contributed by atoms with van der Waals surface area (Å²) in [5, 5.41) is 0. The lowest BCUT2D eigenvalue weighted by Crippen LogP contribution is -2.44. The summed E-state index contributed by atoms with van der Waals surface area (Å²) in [6.45, 7) is 15.5. The molecule has 0 atom stereocenters. The molecule has 3 heterocycles. The quantitative estimate of drug-likeness (QED) is 0.739. The summed E-state index contributed by atoms with van der Waals surface area (Å²) < 4.78 is 7.27. The monoisotopic (exact) mass is 417 g/mol. The second-order valence-electron chi connectivity index (χ2n) is 7.40. The van der Waals surface area contributed by atoms with Gasteiger partial charge in [0.15, 0.2) is 0 Å². The number of ether oxygens (including phenoxy) is 1. The minimum absolute atomic E-state index is 0.173. The SMILES string of the molecule is CC.CC.Cc1cnc(N)nc1-c1cc2c(n1C)CCN(C(=O)OC(C)(C)C)C2=O.